The Kier molecular flexibility index (Phi) is 6.91. The van der Waals surface area contributed by atoms with E-state index >= 15 is 0 Å². The molecule has 0 aliphatic rings. The molecule has 0 spiro atoms. The Morgan fingerprint density at radius 1 is 1.00 bits per heavy atom. The largest absolute Gasteiger partial charge is 0.497 e. The van der Waals surface area contributed by atoms with Gasteiger partial charge in [0.15, 0.2) is 16.6 Å². The summed E-state index contributed by atoms with van der Waals surface area (Å²) in [5.41, 5.74) is 1.49. The summed E-state index contributed by atoms with van der Waals surface area (Å²) in [6.45, 7) is 0.230. The van der Waals surface area contributed by atoms with Gasteiger partial charge in [-0.3, -0.25) is 4.79 Å². The lowest BCUT2D eigenvalue weighted by molar-refractivity contribution is -0.116. The van der Waals surface area contributed by atoms with E-state index in [1.165, 1.54) is 11.3 Å². The van der Waals surface area contributed by atoms with Crippen molar-refractivity contribution in [2.24, 2.45) is 0 Å². The lowest BCUT2D eigenvalue weighted by Crippen LogP contribution is -2.15. The zero-order valence-electron chi connectivity index (χ0n) is 16.4. The van der Waals surface area contributed by atoms with Crippen molar-refractivity contribution in [3.8, 4) is 34.3 Å². The van der Waals surface area contributed by atoms with Crippen molar-refractivity contribution in [1.29, 1.82) is 0 Å². The van der Waals surface area contributed by atoms with Crippen LogP contribution >= 0.6 is 11.3 Å². The summed E-state index contributed by atoms with van der Waals surface area (Å²) in [7, 11) is 4.78. The molecule has 0 bridgehead atoms. The highest BCUT2D eigenvalue weighted by Crippen LogP contribution is 2.35. The van der Waals surface area contributed by atoms with E-state index in [4.69, 9.17) is 18.9 Å². The average molecular weight is 414 g/mol. The van der Waals surface area contributed by atoms with Gasteiger partial charge < -0.3 is 24.3 Å². The minimum absolute atomic E-state index is 0.182. The molecule has 0 saturated carbocycles. The normalized spacial score (nSPS) is 10.3. The second-order valence-electron chi connectivity index (χ2n) is 5.90. The number of hydrogen-bond acceptors (Lipinski definition) is 7. The van der Waals surface area contributed by atoms with Crippen LogP contribution in [0, 0.1) is 0 Å². The fourth-order valence-corrected chi connectivity index (χ4v) is 3.37. The molecule has 2 aromatic carbocycles. The van der Waals surface area contributed by atoms with Crippen molar-refractivity contribution >= 4 is 22.4 Å². The number of nitrogens with one attached hydrogen (secondary N) is 1. The molecule has 0 radical (unpaired) electrons. The molecule has 0 saturated heterocycles. The first-order chi connectivity index (χ1) is 14.1. The van der Waals surface area contributed by atoms with Crippen molar-refractivity contribution in [2.75, 3.05) is 33.3 Å². The first kappa shape index (κ1) is 20.5. The predicted octanol–water partition coefficient (Wildman–Crippen LogP) is 4.24. The van der Waals surface area contributed by atoms with Crippen LogP contribution in [0.1, 0.15) is 6.42 Å². The van der Waals surface area contributed by atoms with E-state index in [1.807, 2.05) is 35.7 Å². The third-order valence-electron chi connectivity index (χ3n) is 4.09. The highest BCUT2D eigenvalue weighted by atomic mass is 32.1. The molecule has 29 heavy (non-hydrogen) atoms. The summed E-state index contributed by atoms with van der Waals surface area (Å²) in [5, 5.41) is 5.16. The van der Waals surface area contributed by atoms with Gasteiger partial charge in [0.2, 0.25) is 5.91 Å². The van der Waals surface area contributed by atoms with E-state index in [0.29, 0.717) is 33.8 Å². The standard InChI is InChI=1S/C21H22N2O5S/c1-25-14-8-9-17(26-2)15(12-14)16-13-29-21(22-16)23-20(24)10-11-28-19-7-5-4-6-18(19)27-3/h4-9,12-13H,10-11H2,1-3H3,(H,22,23,24). The van der Waals surface area contributed by atoms with Gasteiger partial charge in [-0.05, 0) is 30.3 Å². The average Bonchev–Trinajstić information content (AvgIpc) is 3.21. The number of ether oxygens (including phenoxy) is 4. The number of para-hydroxylation sites is 2. The molecule has 3 aromatic rings. The van der Waals surface area contributed by atoms with E-state index < -0.39 is 0 Å². The van der Waals surface area contributed by atoms with E-state index in [1.54, 1.807) is 33.5 Å². The van der Waals surface area contributed by atoms with Crippen LogP contribution in [0.4, 0.5) is 5.13 Å². The smallest absolute Gasteiger partial charge is 0.229 e. The molecule has 7 nitrogen and oxygen atoms in total. The molecule has 0 atom stereocenters. The summed E-state index contributed by atoms with van der Waals surface area (Å²) in [6, 6.07) is 12.8. The van der Waals surface area contributed by atoms with Gasteiger partial charge in [0.1, 0.15) is 11.5 Å². The number of hydrogen-bond donors (Lipinski definition) is 1. The van der Waals surface area contributed by atoms with Crippen LogP contribution in [0.3, 0.4) is 0 Å². The van der Waals surface area contributed by atoms with Gasteiger partial charge in [-0.2, -0.15) is 0 Å². The summed E-state index contributed by atoms with van der Waals surface area (Å²) >= 11 is 1.34. The van der Waals surface area contributed by atoms with Gasteiger partial charge in [-0.1, -0.05) is 12.1 Å². The van der Waals surface area contributed by atoms with Crippen LogP contribution in [0.2, 0.25) is 0 Å². The second-order valence-corrected chi connectivity index (χ2v) is 6.76. The van der Waals surface area contributed by atoms with Gasteiger partial charge in [0.25, 0.3) is 0 Å². The van der Waals surface area contributed by atoms with Crippen LogP contribution in [-0.4, -0.2) is 38.8 Å². The fraction of sp³-hybridized carbons (Fsp3) is 0.238. The number of carbonyl (C=O) groups excluding carboxylic acids is 1. The Balaban J connectivity index is 1.59. The van der Waals surface area contributed by atoms with Crippen molar-refractivity contribution < 1.29 is 23.7 Å². The van der Waals surface area contributed by atoms with Crippen LogP contribution in [-0.2, 0) is 4.79 Å². The zero-order chi connectivity index (χ0) is 20.6. The van der Waals surface area contributed by atoms with Gasteiger partial charge in [0, 0.05) is 10.9 Å². The third-order valence-corrected chi connectivity index (χ3v) is 4.85. The third kappa shape index (κ3) is 5.17. The Bertz CT molecular complexity index is 973. The topological polar surface area (TPSA) is 78.9 Å². The molecule has 0 aliphatic heterocycles. The monoisotopic (exact) mass is 414 g/mol. The molecule has 1 amide bonds. The van der Waals surface area contributed by atoms with E-state index in [-0.39, 0.29) is 18.9 Å². The molecule has 3 rings (SSSR count). The molecule has 152 valence electrons. The molecule has 1 N–H and O–H groups in total. The summed E-state index contributed by atoms with van der Waals surface area (Å²) in [5.74, 6) is 2.43. The Labute approximate surface area is 173 Å². The number of methoxy groups -OCH3 is 3. The minimum atomic E-state index is -0.182. The van der Waals surface area contributed by atoms with Gasteiger partial charge in [-0.25, -0.2) is 4.98 Å². The molecule has 1 heterocycles. The van der Waals surface area contributed by atoms with Crippen LogP contribution in [0.25, 0.3) is 11.3 Å². The maximum atomic E-state index is 12.2. The number of nitrogens with zero attached hydrogens (tertiary/aromatic N) is 1. The molecule has 1 aromatic heterocycles. The maximum absolute atomic E-state index is 12.2. The number of rotatable bonds is 9. The lowest BCUT2D eigenvalue weighted by atomic mass is 10.1. The Morgan fingerprint density at radius 3 is 2.48 bits per heavy atom. The Morgan fingerprint density at radius 2 is 1.76 bits per heavy atom. The van der Waals surface area contributed by atoms with Gasteiger partial charge in [-0.15, -0.1) is 11.3 Å². The number of anilines is 1. The number of amides is 1. The highest BCUT2D eigenvalue weighted by Gasteiger charge is 2.13. The van der Waals surface area contributed by atoms with E-state index in [0.717, 1.165) is 5.56 Å². The van der Waals surface area contributed by atoms with Crippen LogP contribution in [0.15, 0.2) is 47.8 Å². The predicted molar refractivity (Wildman–Crippen MR) is 112 cm³/mol. The molecule has 0 fully saturated rings. The zero-order valence-corrected chi connectivity index (χ0v) is 17.2. The highest BCUT2D eigenvalue weighted by molar-refractivity contribution is 7.14. The summed E-state index contributed by atoms with van der Waals surface area (Å²) < 4.78 is 21.5. The minimum Gasteiger partial charge on any atom is -0.497 e. The lowest BCUT2D eigenvalue weighted by Gasteiger charge is -2.10. The van der Waals surface area contributed by atoms with Crippen molar-refractivity contribution in [3.05, 3.63) is 47.8 Å². The molecule has 8 heteroatoms. The van der Waals surface area contributed by atoms with Crippen molar-refractivity contribution in [3.63, 3.8) is 0 Å². The van der Waals surface area contributed by atoms with Gasteiger partial charge in [0.05, 0.1) is 40.1 Å². The molecular formula is C21H22N2O5S. The number of aromatic nitrogens is 1. The summed E-state index contributed by atoms with van der Waals surface area (Å²) in [6.07, 6.45) is 0.190. The van der Waals surface area contributed by atoms with Gasteiger partial charge >= 0.3 is 0 Å². The van der Waals surface area contributed by atoms with Crippen molar-refractivity contribution in [2.45, 2.75) is 6.42 Å². The SMILES string of the molecule is COc1ccc(OC)c(-c2csc(NC(=O)CCOc3ccccc3OC)n2)c1. The molecule has 0 aliphatic carbocycles. The fourth-order valence-electron chi connectivity index (χ4n) is 2.64. The maximum Gasteiger partial charge on any atom is 0.229 e. The number of benzene rings is 2. The van der Waals surface area contributed by atoms with Crippen molar-refractivity contribution in [1.82, 2.24) is 4.98 Å². The number of thiazole rings is 1. The summed E-state index contributed by atoms with van der Waals surface area (Å²) in [4.78, 5) is 16.7. The molecule has 0 unspecified atom stereocenters. The first-order valence-corrected chi connectivity index (χ1v) is 9.76. The van der Waals surface area contributed by atoms with E-state index in [2.05, 4.69) is 10.3 Å². The first-order valence-electron chi connectivity index (χ1n) is 8.88. The quantitative estimate of drug-likeness (QED) is 0.564. The van der Waals surface area contributed by atoms with Crippen LogP contribution in [0.5, 0.6) is 23.0 Å². The molecular weight excluding hydrogens is 392 g/mol. The second kappa shape index (κ2) is 9.79. The number of carbonyl (C=O) groups is 1. The Hall–Kier alpha value is -3.26. The van der Waals surface area contributed by atoms with Crippen LogP contribution < -0.4 is 24.3 Å². The van der Waals surface area contributed by atoms with E-state index in [9.17, 15) is 4.79 Å².